The van der Waals surface area contributed by atoms with Gasteiger partial charge in [-0.1, -0.05) is 0 Å². The van der Waals surface area contributed by atoms with Gasteiger partial charge in [-0.15, -0.1) is 11.6 Å². The number of aromatic nitrogens is 1. The standard InChI is InChI=1S/C12H13ClN2O3/c13-5-9(16)6-14-8-1-2-10-7(3-8)4-11(15-10)12(17)18/h1-4,9,14-16H,5-6H2,(H,17,18). The van der Waals surface area contributed by atoms with Crippen molar-refractivity contribution in [1.82, 2.24) is 4.98 Å². The van der Waals surface area contributed by atoms with E-state index in [4.69, 9.17) is 16.7 Å². The van der Waals surface area contributed by atoms with Gasteiger partial charge in [-0.3, -0.25) is 0 Å². The second-order valence-electron chi connectivity index (χ2n) is 3.98. The highest BCUT2D eigenvalue weighted by Crippen LogP contribution is 2.20. The maximum atomic E-state index is 10.8. The Morgan fingerprint density at radius 2 is 2.22 bits per heavy atom. The fourth-order valence-corrected chi connectivity index (χ4v) is 1.76. The molecule has 0 bridgehead atoms. The fraction of sp³-hybridized carbons (Fsp3) is 0.250. The topological polar surface area (TPSA) is 85.3 Å². The van der Waals surface area contributed by atoms with Crippen LogP contribution < -0.4 is 5.32 Å². The van der Waals surface area contributed by atoms with Crippen molar-refractivity contribution in [3.05, 3.63) is 30.0 Å². The van der Waals surface area contributed by atoms with Crippen molar-refractivity contribution in [3.8, 4) is 0 Å². The summed E-state index contributed by atoms with van der Waals surface area (Å²) in [4.78, 5) is 13.6. The van der Waals surface area contributed by atoms with Crippen LogP contribution >= 0.6 is 11.6 Å². The zero-order valence-electron chi connectivity index (χ0n) is 9.48. The number of aromatic carboxylic acids is 1. The lowest BCUT2D eigenvalue weighted by atomic mass is 10.2. The van der Waals surface area contributed by atoms with Crippen molar-refractivity contribution in [2.45, 2.75) is 6.10 Å². The third-order valence-electron chi connectivity index (χ3n) is 2.57. The lowest BCUT2D eigenvalue weighted by Gasteiger charge is -2.09. The number of carboxylic acid groups (broad SMARTS) is 1. The lowest BCUT2D eigenvalue weighted by molar-refractivity contribution is 0.0691. The van der Waals surface area contributed by atoms with Gasteiger partial charge in [0.05, 0.1) is 12.0 Å². The van der Waals surface area contributed by atoms with Crippen LogP contribution in [-0.2, 0) is 0 Å². The summed E-state index contributed by atoms with van der Waals surface area (Å²) in [5, 5.41) is 22.0. The van der Waals surface area contributed by atoms with Crippen molar-refractivity contribution >= 4 is 34.2 Å². The number of halogens is 1. The largest absolute Gasteiger partial charge is 0.477 e. The second-order valence-corrected chi connectivity index (χ2v) is 4.29. The van der Waals surface area contributed by atoms with Gasteiger partial charge in [0.25, 0.3) is 0 Å². The van der Waals surface area contributed by atoms with Gasteiger partial charge in [-0.05, 0) is 24.3 Å². The number of alkyl halides is 1. The predicted molar refractivity (Wildman–Crippen MR) is 70.5 cm³/mol. The molecular formula is C12H13ClN2O3. The Hall–Kier alpha value is -1.72. The number of H-pyrrole nitrogens is 1. The van der Waals surface area contributed by atoms with Crippen LogP contribution in [0, 0.1) is 0 Å². The lowest BCUT2D eigenvalue weighted by Crippen LogP contribution is -2.20. The normalized spacial score (nSPS) is 12.6. The molecule has 0 radical (unpaired) electrons. The van der Waals surface area contributed by atoms with Crippen LogP contribution in [0.1, 0.15) is 10.5 Å². The minimum absolute atomic E-state index is 0.156. The summed E-state index contributed by atoms with van der Waals surface area (Å²) in [6.45, 7) is 0.352. The van der Waals surface area contributed by atoms with Crippen LogP contribution in [-0.4, -0.2) is 39.7 Å². The number of benzene rings is 1. The van der Waals surface area contributed by atoms with Crippen molar-refractivity contribution in [3.63, 3.8) is 0 Å². The van der Waals surface area contributed by atoms with Gasteiger partial charge in [0.2, 0.25) is 0 Å². The number of aliphatic hydroxyl groups is 1. The summed E-state index contributed by atoms with van der Waals surface area (Å²) in [5.41, 5.74) is 1.72. The van der Waals surface area contributed by atoms with E-state index in [1.165, 1.54) is 0 Å². The number of aromatic amines is 1. The van der Waals surface area contributed by atoms with E-state index in [-0.39, 0.29) is 11.6 Å². The molecule has 1 unspecified atom stereocenters. The Bertz CT molecular complexity index is 567. The number of carboxylic acids is 1. The molecule has 0 amide bonds. The van der Waals surface area contributed by atoms with Crippen LogP contribution in [0.4, 0.5) is 5.69 Å². The maximum Gasteiger partial charge on any atom is 0.352 e. The molecule has 1 heterocycles. The zero-order valence-corrected chi connectivity index (χ0v) is 10.2. The van der Waals surface area contributed by atoms with Gasteiger partial charge >= 0.3 is 5.97 Å². The monoisotopic (exact) mass is 268 g/mol. The number of hydrogen-bond acceptors (Lipinski definition) is 3. The van der Waals surface area contributed by atoms with Crippen molar-refractivity contribution < 1.29 is 15.0 Å². The van der Waals surface area contributed by atoms with Crippen molar-refractivity contribution in [2.75, 3.05) is 17.7 Å². The molecule has 4 N–H and O–H groups in total. The highest BCUT2D eigenvalue weighted by Gasteiger charge is 2.08. The fourth-order valence-electron chi connectivity index (χ4n) is 1.65. The Balaban J connectivity index is 2.19. The number of rotatable bonds is 5. The van der Waals surface area contributed by atoms with Gasteiger partial charge in [0.1, 0.15) is 5.69 Å². The van der Waals surface area contributed by atoms with Crippen LogP contribution in [0.3, 0.4) is 0 Å². The highest BCUT2D eigenvalue weighted by molar-refractivity contribution is 6.18. The van der Waals surface area contributed by atoms with Gasteiger partial charge in [0, 0.05) is 23.1 Å². The summed E-state index contributed by atoms with van der Waals surface area (Å²) >= 11 is 5.49. The minimum Gasteiger partial charge on any atom is -0.477 e. The third kappa shape index (κ3) is 2.75. The molecule has 0 aliphatic heterocycles. The molecule has 0 aliphatic rings. The number of anilines is 1. The molecule has 96 valence electrons. The molecule has 0 saturated heterocycles. The van der Waals surface area contributed by atoms with Crippen LogP contribution in [0.5, 0.6) is 0 Å². The molecular weight excluding hydrogens is 256 g/mol. The van der Waals surface area contributed by atoms with E-state index in [0.29, 0.717) is 6.54 Å². The molecule has 18 heavy (non-hydrogen) atoms. The van der Waals surface area contributed by atoms with Crippen molar-refractivity contribution in [2.24, 2.45) is 0 Å². The molecule has 2 rings (SSSR count). The first-order valence-electron chi connectivity index (χ1n) is 5.44. The first-order chi connectivity index (χ1) is 8.60. The minimum atomic E-state index is -0.988. The van der Waals surface area contributed by atoms with E-state index in [2.05, 4.69) is 10.3 Å². The SMILES string of the molecule is O=C(O)c1cc2cc(NCC(O)CCl)ccc2[nH]1. The van der Waals surface area contributed by atoms with Crippen LogP contribution in [0.2, 0.25) is 0 Å². The molecule has 0 aliphatic carbocycles. The summed E-state index contributed by atoms with van der Waals surface area (Å²) in [6, 6.07) is 6.99. The maximum absolute atomic E-state index is 10.8. The van der Waals surface area contributed by atoms with E-state index in [9.17, 15) is 9.90 Å². The first kappa shape index (κ1) is 12.7. The van der Waals surface area contributed by atoms with Crippen LogP contribution in [0.15, 0.2) is 24.3 Å². The molecule has 6 heteroatoms. The Morgan fingerprint density at radius 3 is 2.89 bits per heavy atom. The average Bonchev–Trinajstić information content (AvgIpc) is 2.79. The molecule has 1 atom stereocenters. The average molecular weight is 269 g/mol. The van der Waals surface area contributed by atoms with E-state index in [0.717, 1.165) is 16.6 Å². The number of nitrogens with one attached hydrogen (secondary N) is 2. The summed E-state index contributed by atoms with van der Waals surface area (Å²) in [7, 11) is 0. The van der Waals surface area contributed by atoms with Gasteiger partial charge in [-0.25, -0.2) is 4.79 Å². The number of carbonyl (C=O) groups is 1. The quantitative estimate of drug-likeness (QED) is 0.624. The second kappa shape index (κ2) is 5.29. The predicted octanol–water partition coefficient (Wildman–Crippen LogP) is 1.88. The number of hydrogen-bond donors (Lipinski definition) is 4. The van der Waals surface area contributed by atoms with E-state index < -0.39 is 12.1 Å². The van der Waals surface area contributed by atoms with E-state index in [1.807, 2.05) is 12.1 Å². The van der Waals surface area contributed by atoms with E-state index >= 15 is 0 Å². The molecule has 1 aromatic carbocycles. The highest BCUT2D eigenvalue weighted by atomic mass is 35.5. The Labute approximate surface area is 108 Å². The van der Waals surface area contributed by atoms with E-state index in [1.54, 1.807) is 12.1 Å². The zero-order chi connectivity index (χ0) is 13.1. The summed E-state index contributed by atoms with van der Waals surface area (Å²) < 4.78 is 0. The van der Waals surface area contributed by atoms with Gasteiger partial charge < -0.3 is 20.5 Å². The Morgan fingerprint density at radius 1 is 1.44 bits per heavy atom. The van der Waals surface area contributed by atoms with Crippen molar-refractivity contribution in [1.29, 1.82) is 0 Å². The number of aliphatic hydroxyl groups excluding tert-OH is 1. The summed E-state index contributed by atoms with van der Waals surface area (Å²) in [5.74, 6) is -0.819. The molecule has 0 fully saturated rings. The van der Waals surface area contributed by atoms with Gasteiger partial charge in [-0.2, -0.15) is 0 Å². The smallest absolute Gasteiger partial charge is 0.352 e. The van der Waals surface area contributed by atoms with Crippen LogP contribution in [0.25, 0.3) is 10.9 Å². The molecule has 5 nitrogen and oxygen atoms in total. The molecule has 0 saturated carbocycles. The van der Waals surface area contributed by atoms with Gasteiger partial charge in [0.15, 0.2) is 0 Å². The molecule has 0 spiro atoms. The molecule has 2 aromatic rings. The number of fused-ring (bicyclic) bond motifs is 1. The molecule has 1 aromatic heterocycles. The summed E-state index contributed by atoms with van der Waals surface area (Å²) in [6.07, 6.45) is -0.608. The first-order valence-corrected chi connectivity index (χ1v) is 5.97. The Kier molecular flexibility index (Phi) is 3.74. The third-order valence-corrected chi connectivity index (χ3v) is 2.93.